The lowest BCUT2D eigenvalue weighted by Gasteiger charge is -2.08. The first-order valence-electron chi connectivity index (χ1n) is 9.54. The minimum atomic E-state index is 0.522. The summed E-state index contributed by atoms with van der Waals surface area (Å²) in [7, 11) is 0. The third-order valence-corrected chi connectivity index (χ3v) is 4.28. The monoisotopic (exact) mass is 362 g/mol. The lowest BCUT2D eigenvalue weighted by atomic mass is 10.1. The van der Waals surface area contributed by atoms with Gasteiger partial charge in [-0.25, -0.2) is 9.97 Å². The summed E-state index contributed by atoms with van der Waals surface area (Å²) in [4.78, 5) is 8.97. The molecule has 0 aliphatic rings. The van der Waals surface area contributed by atoms with Gasteiger partial charge in [-0.3, -0.25) is 0 Å². The Hall–Kier alpha value is -2.88. The number of aromatic nitrogens is 2. The van der Waals surface area contributed by atoms with Crippen molar-refractivity contribution in [3.8, 4) is 22.9 Å². The van der Waals surface area contributed by atoms with Crippen molar-refractivity contribution < 1.29 is 9.47 Å². The van der Waals surface area contributed by atoms with Crippen LogP contribution in [-0.2, 0) is 13.0 Å². The molecule has 0 aliphatic heterocycles. The van der Waals surface area contributed by atoms with Crippen LogP contribution in [0, 0.1) is 0 Å². The zero-order valence-electron chi connectivity index (χ0n) is 16.0. The fourth-order valence-corrected chi connectivity index (χ4v) is 2.73. The van der Waals surface area contributed by atoms with E-state index in [1.165, 1.54) is 18.4 Å². The number of nitrogens with zero attached hydrogens (tertiary/aromatic N) is 2. The Bertz CT molecular complexity index is 813. The Kier molecular flexibility index (Phi) is 6.80. The van der Waals surface area contributed by atoms with E-state index in [1.54, 1.807) is 0 Å². The van der Waals surface area contributed by atoms with Crippen LogP contribution in [0.4, 0.5) is 0 Å². The van der Waals surface area contributed by atoms with Crippen LogP contribution in [0.1, 0.15) is 37.8 Å². The third-order valence-electron chi connectivity index (χ3n) is 4.28. The first-order valence-corrected chi connectivity index (χ1v) is 9.54. The standard InChI is InChI=1S/C23H26N2O2/c1-3-5-6-19-15-24-23(25-16-19)20-9-13-22(14-10-20)27-17-18-7-11-21(12-8-18)26-4-2/h7-16H,3-6,17H2,1-2H3. The quantitative estimate of drug-likeness (QED) is 0.507. The number of hydrogen-bond acceptors (Lipinski definition) is 4. The van der Waals surface area contributed by atoms with Crippen molar-refractivity contribution in [2.75, 3.05) is 6.61 Å². The van der Waals surface area contributed by atoms with Gasteiger partial charge >= 0.3 is 0 Å². The molecule has 0 unspecified atom stereocenters. The van der Waals surface area contributed by atoms with Crippen molar-refractivity contribution in [2.24, 2.45) is 0 Å². The lowest BCUT2D eigenvalue weighted by molar-refractivity contribution is 0.305. The van der Waals surface area contributed by atoms with E-state index in [0.29, 0.717) is 13.2 Å². The average Bonchev–Trinajstić information content (AvgIpc) is 2.73. The highest BCUT2D eigenvalue weighted by atomic mass is 16.5. The second kappa shape index (κ2) is 9.72. The lowest BCUT2D eigenvalue weighted by Crippen LogP contribution is -1.97. The van der Waals surface area contributed by atoms with E-state index in [-0.39, 0.29) is 0 Å². The maximum absolute atomic E-state index is 5.86. The number of hydrogen-bond donors (Lipinski definition) is 0. The van der Waals surface area contributed by atoms with Crippen LogP contribution >= 0.6 is 0 Å². The van der Waals surface area contributed by atoms with Crippen LogP contribution < -0.4 is 9.47 Å². The molecule has 0 amide bonds. The number of ether oxygens (including phenoxy) is 2. The summed E-state index contributed by atoms with van der Waals surface area (Å²) in [6.45, 7) is 5.36. The largest absolute Gasteiger partial charge is 0.494 e. The molecular formula is C23H26N2O2. The summed E-state index contributed by atoms with van der Waals surface area (Å²) in [5.74, 6) is 2.45. The van der Waals surface area contributed by atoms with Gasteiger partial charge in [-0.15, -0.1) is 0 Å². The van der Waals surface area contributed by atoms with Gasteiger partial charge < -0.3 is 9.47 Å². The van der Waals surface area contributed by atoms with Gasteiger partial charge in [0, 0.05) is 18.0 Å². The molecule has 0 saturated carbocycles. The predicted molar refractivity (Wildman–Crippen MR) is 108 cm³/mol. The van der Waals surface area contributed by atoms with Crippen LogP contribution in [0.2, 0.25) is 0 Å². The summed E-state index contributed by atoms with van der Waals surface area (Å²) in [6, 6.07) is 15.9. The van der Waals surface area contributed by atoms with E-state index in [4.69, 9.17) is 9.47 Å². The molecule has 4 heteroatoms. The highest BCUT2D eigenvalue weighted by molar-refractivity contribution is 5.55. The second-order valence-electron chi connectivity index (χ2n) is 6.41. The molecule has 3 aromatic rings. The number of unbranched alkanes of at least 4 members (excludes halogenated alkanes) is 1. The van der Waals surface area contributed by atoms with Crippen LogP contribution in [0.15, 0.2) is 60.9 Å². The van der Waals surface area contributed by atoms with Crippen LogP contribution in [-0.4, -0.2) is 16.6 Å². The first kappa shape index (κ1) is 18.9. The second-order valence-corrected chi connectivity index (χ2v) is 6.41. The Labute approximate surface area is 161 Å². The van der Waals surface area contributed by atoms with Crippen molar-refractivity contribution in [3.63, 3.8) is 0 Å². The minimum Gasteiger partial charge on any atom is -0.494 e. The summed E-state index contributed by atoms with van der Waals surface area (Å²) >= 11 is 0. The molecule has 1 aromatic heterocycles. The van der Waals surface area contributed by atoms with Crippen molar-refractivity contribution in [1.29, 1.82) is 0 Å². The van der Waals surface area contributed by atoms with E-state index in [0.717, 1.165) is 34.9 Å². The molecule has 3 rings (SSSR count). The highest BCUT2D eigenvalue weighted by Gasteiger charge is 2.03. The normalized spacial score (nSPS) is 10.6. The SMILES string of the molecule is CCCCc1cnc(-c2ccc(OCc3ccc(OCC)cc3)cc2)nc1. The molecule has 140 valence electrons. The van der Waals surface area contributed by atoms with Crippen molar-refractivity contribution in [1.82, 2.24) is 9.97 Å². The number of benzene rings is 2. The molecular weight excluding hydrogens is 336 g/mol. The van der Waals surface area contributed by atoms with Crippen LogP contribution in [0.25, 0.3) is 11.4 Å². The first-order chi connectivity index (χ1) is 13.3. The van der Waals surface area contributed by atoms with Gasteiger partial charge in [0.15, 0.2) is 5.82 Å². The van der Waals surface area contributed by atoms with Gasteiger partial charge in [-0.2, -0.15) is 0 Å². The summed E-state index contributed by atoms with van der Waals surface area (Å²) in [6.07, 6.45) is 7.24. The highest BCUT2D eigenvalue weighted by Crippen LogP contribution is 2.21. The fraction of sp³-hybridized carbons (Fsp3) is 0.304. The van der Waals surface area contributed by atoms with Crippen LogP contribution in [0.5, 0.6) is 11.5 Å². The van der Waals surface area contributed by atoms with Gasteiger partial charge in [0.25, 0.3) is 0 Å². The van der Waals surface area contributed by atoms with Gasteiger partial charge in [0.2, 0.25) is 0 Å². The Morgan fingerprint density at radius 3 is 2.00 bits per heavy atom. The van der Waals surface area contributed by atoms with E-state index < -0.39 is 0 Å². The van der Waals surface area contributed by atoms with Crippen molar-refractivity contribution in [3.05, 3.63) is 72.1 Å². The van der Waals surface area contributed by atoms with Crippen molar-refractivity contribution >= 4 is 0 Å². The molecule has 0 N–H and O–H groups in total. The fourth-order valence-electron chi connectivity index (χ4n) is 2.73. The van der Waals surface area contributed by atoms with E-state index in [9.17, 15) is 0 Å². The zero-order chi connectivity index (χ0) is 18.9. The molecule has 0 spiro atoms. The van der Waals surface area contributed by atoms with E-state index in [2.05, 4.69) is 16.9 Å². The predicted octanol–water partition coefficient (Wildman–Crippen LogP) is 5.46. The summed E-state index contributed by atoms with van der Waals surface area (Å²) in [5.41, 5.74) is 3.29. The molecule has 27 heavy (non-hydrogen) atoms. The molecule has 0 atom stereocenters. The average molecular weight is 362 g/mol. The number of rotatable bonds is 9. The van der Waals surface area contributed by atoms with Gasteiger partial charge in [0.05, 0.1) is 6.61 Å². The molecule has 0 aliphatic carbocycles. The maximum Gasteiger partial charge on any atom is 0.159 e. The topological polar surface area (TPSA) is 44.2 Å². The zero-order valence-corrected chi connectivity index (χ0v) is 16.0. The number of aryl methyl sites for hydroxylation is 1. The van der Waals surface area contributed by atoms with E-state index in [1.807, 2.05) is 67.8 Å². The molecule has 2 aromatic carbocycles. The smallest absolute Gasteiger partial charge is 0.159 e. The molecule has 0 bridgehead atoms. The van der Waals surface area contributed by atoms with Crippen LogP contribution in [0.3, 0.4) is 0 Å². The van der Waals surface area contributed by atoms with Gasteiger partial charge in [0.1, 0.15) is 18.1 Å². The Balaban J connectivity index is 1.56. The molecule has 4 nitrogen and oxygen atoms in total. The van der Waals surface area contributed by atoms with Gasteiger partial charge in [-0.05, 0) is 67.3 Å². The molecule has 1 heterocycles. The van der Waals surface area contributed by atoms with E-state index >= 15 is 0 Å². The van der Waals surface area contributed by atoms with Gasteiger partial charge in [-0.1, -0.05) is 25.5 Å². The Morgan fingerprint density at radius 1 is 0.741 bits per heavy atom. The van der Waals surface area contributed by atoms with Crippen molar-refractivity contribution in [2.45, 2.75) is 39.7 Å². The molecule has 0 fully saturated rings. The summed E-state index contributed by atoms with van der Waals surface area (Å²) < 4.78 is 11.3. The third kappa shape index (κ3) is 5.55. The molecule has 0 radical (unpaired) electrons. The summed E-state index contributed by atoms with van der Waals surface area (Å²) in [5, 5.41) is 0. The minimum absolute atomic E-state index is 0.522. The maximum atomic E-state index is 5.86. The Morgan fingerprint density at radius 2 is 1.37 bits per heavy atom. The molecule has 0 saturated heterocycles.